The summed E-state index contributed by atoms with van der Waals surface area (Å²) in [5.41, 5.74) is 1.84. The molecule has 0 saturated carbocycles. The lowest BCUT2D eigenvalue weighted by molar-refractivity contribution is 0.180. The number of aromatic amines is 1. The van der Waals surface area contributed by atoms with Crippen LogP contribution in [-0.2, 0) is 17.8 Å². The van der Waals surface area contributed by atoms with Gasteiger partial charge < -0.3 is 14.5 Å². The van der Waals surface area contributed by atoms with E-state index in [1.807, 2.05) is 22.8 Å². The van der Waals surface area contributed by atoms with E-state index >= 15 is 0 Å². The maximum Gasteiger partial charge on any atom is 0.255 e. The van der Waals surface area contributed by atoms with E-state index in [4.69, 9.17) is 4.74 Å². The van der Waals surface area contributed by atoms with Crippen LogP contribution < -0.4 is 15.4 Å². The van der Waals surface area contributed by atoms with Crippen molar-refractivity contribution >= 4 is 11.6 Å². The van der Waals surface area contributed by atoms with Crippen molar-refractivity contribution in [3.63, 3.8) is 0 Å². The van der Waals surface area contributed by atoms with Crippen molar-refractivity contribution in [1.29, 1.82) is 0 Å². The topological polar surface area (TPSA) is 61.5 Å². The minimum Gasteiger partial charge on any atom is -0.378 e. The summed E-state index contributed by atoms with van der Waals surface area (Å²) in [6.07, 6.45) is 0.613. The maximum absolute atomic E-state index is 13.9. The van der Waals surface area contributed by atoms with Crippen LogP contribution in [0.3, 0.4) is 0 Å². The summed E-state index contributed by atoms with van der Waals surface area (Å²) in [7, 11) is 1.59. The Bertz CT molecular complexity index is 785. The molecule has 134 valence electrons. The van der Waals surface area contributed by atoms with Gasteiger partial charge in [0, 0.05) is 38.9 Å². The van der Waals surface area contributed by atoms with Crippen molar-refractivity contribution < 1.29 is 9.13 Å². The van der Waals surface area contributed by atoms with Crippen molar-refractivity contribution in [2.24, 2.45) is 0 Å². The number of nitrogens with zero attached hydrogens (tertiary/aromatic N) is 3. The lowest BCUT2D eigenvalue weighted by atomic mass is 10.2. The van der Waals surface area contributed by atoms with Gasteiger partial charge in [-0.15, -0.1) is 0 Å². The first-order valence-corrected chi connectivity index (χ1v) is 8.49. The van der Waals surface area contributed by atoms with Crippen molar-refractivity contribution in [1.82, 2.24) is 9.97 Å². The van der Waals surface area contributed by atoms with E-state index < -0.39 is 0 Å². The molecule has 2 aromatic rings. The quantitative estimate of drug-likeness (QED) is 0.897. The highest BCUT2D eigenvalue weighted by molar-refractivity contribution is 5.49. The number of nitrogens with one attached hydrogen (secondary N) is 1. The highest BCUT2D eigenvalue weighted by Gasteiger charge is 2.22. The molecule has 1 N–H and O–H groups in total. The SMILES string of the molecule is CCc1c(COC)nc(N2CCN(c3ccccc3F)CC2)[nH]c1=O. The lowest BCUT2D eigenvalue weighted by Crippen LogP contribution is -2.48. The fourth-order valence-electron chi connectivity index (χ4n) is 3.17. The number of hydrogen-bond donors (Lipinski definition) is 1. The summed E-state index contributed by atoms with van der Waals surface area (Å²) < 4.78 is 19.1. The van der Waals surface area contributed by atoms with Crippen LogP contribution in [0, 0.1) is 5.82 Å². The monoisotopic (exact) mass is 346 g/mol. The fourth-order valence-corrected chi connectivity index (χ4v) is 3.17. The average Bonchev–Trinajstić information content (AvgIpc) is 2.62. The Morgan fingerprint density at radius 1 is 1.20 bits per heavy atom. The minimum atomic E-state index is -0.211. The van der Waals surface area contributed by atoms with Gasteiger partial charge in [0.25, 0.3) is 5.56 Å². The third-order valence-electron chi connectivity index (χ3n) is 4.50. The third kappa shape index (κ3) is 3.66. The molecule has 1 aromatic heterocycles. The van der Waals surface area contributed by atoms with E-state index in [9.17, 15) is 9.18 Å². The van der Waals surface area contributed by atoms with Crippen LogP contribution in [0.1, 0.15) is 18.2 Å². The normalized spacial score (nSPS) is 14.8. The van der Waals surface area contributed by atoms with Gasteiger partial charge in [0.1, 0.15) is 5.82 Å². The van der Waals surface area contributed by atoms with Crippen molar-refractivity contribution in [2.45, 2.75) is 20.0 Å². The molecular formula is C18H23FN4O2. The van der Waals surface area contributed by atoms with Gasteiger partial charge in [-0.2, -0.15) is 0 Å². The standard InChI is InChI=1S/C18H23FN4O2/c1-3-13-15(12-25-2)20-18(21-17(13)24)23-10-8-22(9-11-23)16-7-5-4-6-14(16)19/h4-7H,3,8-12H2,1-2H3,(H,20,21,24). The first-order valence-electron chi connectivity index (χ1n) is 8.49. The number of aromatic nitrogens is 2. The molecule has 1 saturated heterocycles. The Balaban J connectivity index is 1.77. The molecule has 6 nitrogen and oxygen atoms in total. The van der Waals surface area contributed by atoms with Crippen LogP contribution in [0.5, 0.6) is 0 Å². The van der Waals surface area contributed by atoms with Gasteiger partial charge in [-0.05, 0) is 18.6 Å². The fraction of sp³-hybridized carbons (Fsp3) is 0.444. The number of rotatable bonds is 5. The number of halogens is 1. The summed E-state index contributed by atoms with van der Waals surface area (Å²) in [5, 5.41) is 0. The van der Waals surface area contributed by atoms with Gasteiger partial charge in [0.15, 0.2) is 0 Å². The molecule has 3 rings (SSSR count). The maximum atomic E-state index is 13.9. The van der Waals surface area contributed by atoms with Crippen LogP contribution in [0.4, 0.5) is 16.0 Å². The van der Waals surface area contributed by atoms with Crippen LogP contribution >= 0.6 is 0 Å². The largest absolute Gasteiger partial charge is 0.378 e. The predicted molar refractivity (Wildman–Crippen MR) is 95.8 cm³/mol. The zero-order chi connectivity index (χ0) is 17.8. The molecule has 1 fully saturated rings. The van der Waals surface area contributed by atoms with Gasteiger partial charge >= 0.3 is 0 Å². The summed E-state index contributed by atoms with van der Waals surface area (Å²) >= 11 is 0. The van der Waals surface area contributed by atoms with E-state index in [1.165, 1.54) is 6.07 Å². The third-order valence-corrected chi connectivity index (χ3v) is 4.50. The van der Waals surface area contributed by atoms with Gasteiger partial charge in [-0.1, -0.05) is 19.1 Å². The molecule has 25 heavy (non-hydrogen) atoms. The second-order valence-corrected chi connectivity index (χ2v) is 6.03. The number of methoxy groups -OCH3 is 1. The first-order chi connectivity index (χ1) is 12.1. The number of piperazine rings is 1. The van der Waals surface area contributed by atoms with Crippen LogP contribution in [-0.4, -0.2) is 43.3 Å². The number of anilines is 2. The number of ether oxygens (including phenoxy) is 1. The van der Waals surface area contributed by atoms with E-state index in [0.29, 0.717) is 62.1 Å². The zero-order valence-electron chi connectivity index (χ0n) is 14.6. The molecule has 0 aliphatic carbocycles. The number of H-pyrrole nitrogens is 1. The van der Waals surface area contributed by atoms with E-state index in [-0.39, 0.29) is 11.4 Å². The molecule has 1 aliphatic heterocycles. The van der Waals surface area contributed by atoms with Crippen LogP contribution in [0.25, 0.3) is 0 Å². The van der Waals surface area contributed by atoms with E-state index in [0.717, 1.165) is 0 Å². The highest BCUT2D eigenvalue weighted by atomic mass is 19.1. The summed E-state index contributed by atoms with van der Waals surface area (Å²) in [5.74, 6) is 0.347. The minimum absolute atomic E-state index is 0.115. The van der Waals surface area contributed by atoms with E-state index in [1.54, 1.807) is 19.2 Å². The van der Waals surface area contributed by atoms with Gasteiger partial charge in [0.05, 0.1) is 18.0 Å². The summed E-state index contributed by atoms with van der Waals surface area (Å²) in [6.45, 7) is 4.90. The second kappa shape index (κ2) is 7.65. The lowest BCUT2D eigenvalue weighted by Gasteiger charge is -2.36. The molecule has 0 radical (unpaired) electrons. The Kier molecular flexibility index (Phi) is 5.33. The number of benzene rings is 1. The number of para-hydroxylation sites is 1. The molecule has 0 unspecified atom stereocenters. The molecule has 1 aliphatic rings. The van der Waals surface area contributed by atoms with E-state index in [2.05, 4.69) is 9.97 Å². The number of hydrogen-bond acceptors (Lipinski definition) is 5. The Morgan fingerprint density at radius 3 is 2.52 bits per heavy atom. The van der Waals surface area contributed by atoms with Crippen LogP contribution in [0.15, 0.2) is 29.1 Å². The molecular weight excluding hydrogens is 323 g/mol. The Morgan fingerprint density at radius 2 is 1.88 bits per heavy atom. The predicted octanol–water partition coefficient (Wildman–Crippen LogP) is 1.94. The van der Waals surface area contributed by atoms with Crippen molar-refractivity contribution in [3.05, 3.63) is 51.7 Å². The van der Waals surface area contributed by atoms with Crippen molar-refractivity contribution in [3.8, 4) is 0 Å². The van der Waals surface area contributed by atoms with Gasteiger partial charge in [0.2, 0.25) is 5.95 Å². The molecule has 2 heterocycles. The zero-order valence-corrected chi connectivity index (χ0v) is 14.6. The summed E-state index contributed by atoms with van der Waals surface area (Å²) in [4.78, 5) is 23.8. The second-order valence-electron chi connectivity index (χ2n) is 6.03. The molecule has 0 amide bonds. The molecule has 0 spiro atoms. The van der Waals surface area contributed by atoms with Crippen molar-refractivity contribution in [2.75, 3.05) is 43.1 Å². The molecule has 0 bridgehead atoms. The molecule has 0 atom stereocenters. The average molecular weight is 346 g/mol. The first kappa shape index (κ1) is 17.4. The van der Waals surface area contributed by atoms with Crippen LogP contribution in [0.2, 0.25) is 0 Å². The smallest absolute Gasteiger partial charge is 0.255 e. The van der Waals surface area contributed by atoms with Gasteiger partial charge in [-0.25, -0.2) is 9.37 Å². The molecule has 1 aromatic carbocycles. The van der Waals surface area contributed by atoms with Gasteiger partial charge in [-0.3, -0.25) is 9.78 Å². The Hall–Kier alpha value is -2.41. The Labute approximate surface area is 146 Å². The molecule has 7 heteroatoms. The highest BCUT2D eigenvalue weighted by Crippen LogP contribution is 2.21. The summed E-state index contributed by atoms with van der Waals surface area (Å²) in [6, 6.07) is 6.79.